The van der Waals surface area contributed by atoms with Crippen LogP contribution in [0.15, 0.2) is 42.5 Å². The fourth-order valence-electron chi connectivity index (χ4n) is 3.41. The van der Waals surface area contributed by atoms with Crippen molar-refractivity contribution in [3.05, 3.63) is 64.7 Å². The van der Waals surface area contributed by atoms with Crippen LogP contribution in [0.2, 0.25) is 0 Å². The monoisotopic (exact) mass is 337 g/mol. The van der Waals surface area contributed by atoms with Gasteiger partial charge in [0, 0.05) is 0 Å². The molecule has 132 valence electrons. The van der Waals surface area contributed by atoms with E-state index in [0.717, 1.165) is 30.6 Å². The molecule has 3 nitrogen and oxygen atoms in total. The average Bonchev–Trinajstić information content (AvgIpc) is 2.61. The van der Waals surface area contributed by atoms with Crippen molar-refractivity contribution in [2.45, 2.75) is 52.0 Å². The minimum absolute atomic E-state index is 0.0566. The quantitative estimate of drug-likeness (QED) is 0.859. The Balaban J connectivity index is 1.62. The van der Waals surface area contributed by atoms with Crippen LogP contribution in [-0.4, -0.2) is 12.5 Å². The molecule has 0 fully saturated rings. The lowest BCUT2D eigenvalue weighted by Gasteiger charge is -2.26. The summed E-state index contributed by atoms with van der Waals surface area (Å²) in [5.41, 5.74) is 4.88. The lowest BCUT2D eigenvalue weighted by atomic mass is 9.88. The number of carbonyl (C=O) groups is 1. The molecule has 1 N–H and O–H groups in total. The predicted octanol–water partition coefficient (Wildman–Crippen LogP) is 4.69. The van der Waals surface area contributed by atoms with Crippen LogP contribution in [0, 0.1) is 6.92 Å². The maximum absolute atomic E-state index is 12.4. The molecule has 0 spiro atoms. The van der Waals surface area contributed by atoms with Gasteiger partial charge < -0.3 is 10.1 Å². The first-order chi connectivity index (χ1) is 12.0. The number of fused-ring (bicyclic) bond motifs is 1. The molecule has 0 radical (unpaired) electrons. The average molecular weight is 337 g/mol. The molecule has 1 atom stereocenters. The minimum atomic E-state index is -0.0592. The molecule has 0 aliphatic heterocycles. The Morgan fingerprint density at radius 2 is 2.04 bits per heavy atom. The Labute approximate surface area is 150 Å². The number of aryl methyl sites for hydroxylation is 2. The largest absolute Gasteiger partial charge is 0.483 e. The van der Waals surface area contributed by atoms with E-state index in [1.54, 1.807) is 0 Å². The molecule has 2 aromatic rings. The Kier molecular flexibility index (Phi) is 5.42. The highest BCUT2D eigenvalue weighted by atomic mass is 16.5. The minimum Gasteiger partial charge on any atom is -0.483 e. The van der Waals surface area contributed by atoms with Crippen LogP contribution >= 0.6 is 0 Å². The Hall–Kier alpha value is -2.29. The number of nitrogens with one attached hydrogen (secondary N) is 1. The molecular weight excluding hydrogens is 310 g/mol. The van der Waals surface area contributed by atoms with Gasteiger partial charge in [-0.3, -0.25) is 4.79 Å². The number of hydrogen-bond acceptors (Lipinski definition) is 2. The summed E-state index contributed by atoms with van der Waals surface area (Å²) in [4.78, 5) is 12.4. The van der Waals surface area contributed by atoms with Crippen LogP contribution in [0.25, 0.3) is 0 Å². The van der Waals surface area contributed by atoms with E-state index >= 15 is 0 Å². The van der Waals surface area contributed by atoms with Crippen LogP contribution in [0.3, 0.4) is 0 Å². The summed E-state index contributed by atoms with van der Waals surface area (Å²) in [5, 5.41) is 3.14. The summed E-state index contributed by atoms with van der Waals surface area (Å²) in [7, 11) is 0. The molecule has 3 rings (SSSR count). The van der Waals surface area contributed by atoms with Crippen molar-refractivity contribution in [2.75, 3.05) is 6.61 Å². The first kappa shape index (κ1) is 17.5. The molecule has 2 aromatic carbocycles. The zero-order chi connectivity index (χ0) is 17.8. The molecule has 3 heteroatoms. The third-order valence-corrected chi connectivity index (χ3v) is 4.94. The van der Waals surface area contributed by atoms with Gasteiger partial charge >= 0.3 is 0 Å². The highest BCUT2D eigenvalue weighted by Gasteiger charge is 2.21. The van der Waals surface area contributed by atoms with Crippen LogP contribution in [0.5, 0.6) is 5.75 Å². The normalized spacial score (nSPS) is 16.4. The second-order valence-electron chi connectivity index (χ2n) is 7.18. The molecule has 0 aromatic heterocycles. The predicted molar refractivity (Wildman–Crippen MR) is 101 cm³/mol. The summed E-state index contributed by atoms with van der Waals surface area (Å²) in [5.74, 6) is 1.18. The molecule has 1 unspecified atom stereocenters. The third kappa shape index (κ3) is 4.22. The number of amides is 1. The fraction of sp³-hybridized carbons (Fsp3) is 0.409. The summed E-state index contributed by atoms with van der Waals surface area (Å²) in [6.07, 6.45) is 3.20. The zero-order valence-corrected chi connectivity index (χ0v) is 15.3. The van der Waals surface area contributed by atoms with Gasteiger partial charge in [0.2, 0.25) is 0 Å². The summed E-state index contributed by atoms with van der Waals surface area (Å²) in [6.45, 7) is 6.37. The van der Waals surface area contributed by atoms with Crippen molar-refractivity contribution in [1.29, 1.82) is 0 Å². The van der Waals surface area contributed by atoms with Crippen molar-refractivity contribution in [2.24, 2.45) is 0 Å². The fourth-order valence-corrected chi connectivity index (χ4v) is 3.41. The summed E-state index contributed by atoms with van der Waals surface area (Å²) < 4.78 is 5.81. The molecule has 1 aliphatic carbocycles. The highest BCUT2D eigenvalue weighted by Crippen LogP contribution is 2.29. The number of carbonyl (C=O) groups excluding carboxylic acids is 1. The molecule has 1 aliphatic rings. The van der Waals surface area contributed by atoms with E-state index in [-0.39, 0.29) is 18.6 Å². The van der Waals surface area contributed by atoms with E-state index in [2.05, 4.69) is 49.5 Å². The van der Waals surface area contributed by atoms with Gasteiger partial charge in [-0.2, -0.15) is 0 Å². The Morgan fingerprint density at radius 3 is 2.84 bits per heavy atom. The Morgan fingerprint density at radius 1 is 1.24 bits per heavy atom. The van der Waals surface area contributed by atoms with Gasteiger partial charge in [-0.15, -0.1) is 0 Å². The van der Waals surface area contributed by atoms with Crippen LogP contribution in [0.4, 0.5) is 0 Å². The van der Waals surface area contributed by atoms with E-state index in [1.807, 2.05) is 19.1 Å². The van der Waals surface area contributed by atoms with E-state index < -0.39 is 0 Å². The van der Waals surface area contributed by atoms with E-state index in [4.69, 9.17) is 4.74 Å². The molecule has 0 saturated carbocycles. The lowest BCUT2D eigenvalue weighted by Crippen LogP contribution is -2.34. The molecule has 25 heavy (non-hydrogen) atoms. The van der Waals surface area contributed by atoms with Crippen molar-refractivity contribution < 1.29 is 9.53 Å². The third-order valence-electron chi connectivity index (χ3n) is 4.94. The topological polar surface area (TPSA) is 38.3 Å². The van der Waals surface area contributed by atoms with E-state index in [1.165, 1.54) is 16.7 Å². The number of rotatable bonds is 5. The maximum Gasteiger partial charge on any atom is 0.258 e. The van der Waals surface area contributed by atoms with Crippen molar-refractivity contribution in [3.63, 3.8) is 0 Å². The van der Waals surface area contributed by atoms with Crippen LogP contribution in [0.1, 0.15) is 60.9 Å². The van der Waals surface area contributed by atoms with E-state index in [0.29, 0.717) is 5.92 Å². The van der Waals surface area contributed by atoms with Gasteiger partial charge in [-0.05, 0) is 60.4 Å². The number of hydrogen-bond donors (Lipinski definition) is 1. The molecule has 1 amide bonds. The smallest absolute Gasteiger partial charge is 0.258 e. The van der Waals surface area contributed by atoms with Crippen LogP contribution < -0.4 is 10.1 Å². The second kappa shape index (κ2) is 7.73. The Bertz CT molecular complexity index is 751. The molecule has 0 bridgehead atoms. The van der Waals surface area contributed by atoms with Crippen molar-refractivity contribution in [1.82, 2.24) is 5.32 Å². The van der Waals surface area contributed by atoms with Gasteiger partial charge in [0.25, 0.3) is 5.91 Å². The summed E-state index contributed by atoms with van der Waals surface area (Å²) in [6, 6.07) is 14.7. The highest BCUT2D eigenvalue weighted by molar-refractivity contribution is 5.78. The van der Waals surface area contributed by atoms with Crippen LogP contribution in [-0.2, 0) is 11.2 Å². The SMILES string of the molecule is Cc1ccc(C(C)C)cc1OCC(=O)NC1CCCc2ccccc21. The maximum atomic E-state index is 12.4. The standard InChI is InChI=1S/C22H27NO2/c1-15(2)18-12-11-16(3)21(13-18)25-14-22(24)23-20-10-6-8-17-7-4-5-9-19(17)20/h4-5,7,9,11-13,15,20H,6,8,10,14H2,1-3H3,(H,23,24). The van der Waals surface area contributed by atoms with Crippen molar-refractivity contribution >= 4 is 5.91 Å². The second-order valence-corrected chi connectivity index (χ2v) is 7.18. The van der Waals surface area contributed by atoms with Gasteiger partial charge in [-0.1, -0.05) is 50.2 Å². The first-order valence-corrected chi connectivity index (χ1v) is 9.15. The van der Waals surface area contributed by atoms with Gasteiger partial charge in [0.15, 0.2) is 6.61 Å². The van der Waals surface area contributed by atoms with Gasteiger partial charge in [-0.25, -0.2) is 0 Å². The molecular formula is C22H27NO2. The number of ether oxygens (including phenoxy) is 1. The summed E-state index contributed by atoms with van der Waals surface area (Å²) >= 11 is 0. The van der Waals surface area contributed by atoms with Gasteiger partial charge in [0.1, 0.15) is 5.75 Å². The number of benzene rings is 2. The van der Waals surface area contributed by atoms with Gasteiger partial charge in [0.05, 0.1) is 6.04 Å². The van der Waals surface area contributed by atoms with Crippen molar-refractivity contribution in [3.8, 4) is 5.75 Å². The molecule has 0 heterocycles. The lowest BCUT2D eigenvalue weighted by molar-refractivity contribution is -0.124. The molecule has 0 saturated heterocycles. The van der Waals surface area contributed by atoms with E-state index in [9.17, 15) is 4.79 Å². The first-order valence-electron chi connectivity index (χ1n) is 9.15. The zero-order valence-electron chi connectivity index (χ0n) is 15.3.